The normalized spacial score (nSPS) is 13.0. The summed E-state index contributed by atoms with van der Waals surface area (Å²) >= 11 is 12.9. The molecule has 0 aliphatic heterocycles. The van der Waals surface area contributed by atoms with E-state index >= 15 is 0 Å². The van der Waals surface area contributed by atoms with Gasteiger partial charge in [-0.05, 0) is 37.3 Å². The number of hydrogen-bond acceptors (Lipinski definition) is 4. The summed E-state index contributed by atoms with van der Waals surface area (Å²) in [6.45, 7) is 1.59. The van der Waals surface area contributed by atoms with Gasteiger partial charge in [0, 0.05) is 11.2 Å². The Labute approximate surface area is 165 Å². The van der Waals surface area contributed by atoms with E-state index in [1.54, 1.807) is 19.1 Å². The number of benzene rings is 1. The van der Waals surface area contributed by atoms with Crippen LogP contribution >= 0.6 is 35.0 Å². The van der Waals surface area contributed by atoms with Crippen LogP contribution in [0.3, 0.4) is 0 Å². The van der Waals surface area contributed by atoms with Gasteiger partial charge in [-0.2, -0.15) is 13.2 Å². The number of alkyl halides is 3. The Kier molecular flexibility index (Phi) is 5.55. The molecule has 11 heteroatoms. The standard InChI is InChI=1S/C16H11Cl2F3N4OS/c1-8(14(26)22-12-6-10(17)3-4-11(12)18)27-15-24-23-13-5-2-9(7-25(13)15)16(19,20)21/h2-8H,1H3,(H,22,26). The van der Waals surface area contributed by atoms with Crippen molar-refractivity contribution in [3.63, 3.8) is 0 Å². The van der Waals surface area contributed by atoms with Gasteiger partial charge >= 0.3 is 6.18 Å². The third kappa shape index (κ3) is 4.48. The van der Waals surface area contributed by atoms with E-state index in [1.165, 1.54) is 16.5 Å². The van der Waals surface area contributed by atoms with Gasteiger partial charge in [0.1, 0.15) is 0 Å². The predicted molar refractivity (Wildman–Crippen MR) is 98.4 cm³/mol. The predicted octanol–water partition coefficient (Wildman–Crippen LogP) is 5.17. The van der Waals surface area contributed by atoms with Crippen LogP contribution < -0.4 is 5.32 Å². The number of rotatable bonds is 4. The highest BCUT2D eigenvalue weighted by atomic mass is 35.5. The highest BCUT2D eigenvalue weighted by Gasteiger charge is 2.31. The number of halogens is 5. The third-order valence-corrected chi connectivity index (χ3v) is 5.16. The van der Waals surface area contributed by atoms with Crippen LogP contribution in [0, 0.1) is 0 Å². The lowest BCUT2D eigenvalue weighted by molar-refractivity contribution is -0.137. The molecule has 0 bridgehead atoms. The SMILES string of the molecule is CC(Sc1nnc2ccc(C(F)(F)F)cn12)C(=O)Nc1cc(Cl)ccc1Cl. The van der Waals surface area contributed by atoms with Crippen molar-refractivity contribution < 1.29 is 18.0 Å². The highest BCUT2D eigenvalue weighted by molar-refractivity contribution is 8.00. The summed E-state index contributed by atoms with van der Waals surface area (Å²) in [7, 11) is 0. The number of nitrogens with one attached hydrogen (secondary N) is 1. The molecule has 2 heterocycles. The molecule has 2 aromatic heterocycles. The number of pyridine rings is 1. The zero-order chi connectivity index (χ0) is 19.8. The molecule has 1 aromatic carbocycles. The van der Waals surface area contributed by atoms with Crippen LogP contribution in [0.5, 0.6) is 0 Å². The van der Waals surface area contributed by atoms with E-state index in [-0.39, 0.29) is 10.8 Å². The number of anilines is 1. The second kappa shape index (κ2) is 7.57. The fourth-order valence-corrected chi connectivity index (χ4v) is 3.32. The van der Waals surface area contributed by atoms with Crippen LogP contribution in [-0.2, 0) is 11.0 Å². The van der Waals surface area contributed by atoms with Crippen LogP contribution in [0.25, 0.3) is 5.65 Å². The van der Waals surface area contributed by atoms with Gasteiger partial charge < -0.3 is 5.32 Å². The zero-order valence-electron chi connectivity index (χ0n) is 13.6. The first-order valence-corrected chi connectivity index (χ1v) is 9.13. The third-order valence-electron chi connectivity index (χ3n) is 3.54. The van der Waals surface area contributed by atoms with Gasteiger partial charge in [0.05, 0.1) is 21.5 Å². The topological polar surface area (TPSA) is 59.3 Å². The van der Waals surface area contributed by atoms with Crippen molar-refractivity contribution in [1.82, 2.24) is 14.6 Å². The van der Waals surface area contributed by atoms with Gasteiger partial charge in [-0.15, -0.1) is 10.2 Å². The van der Waals surface area contributed by atoms with Crippen LogP contribution in [0.4, 0.5) is 18.9 Å². The smallest absolute Gasteiger partial charge is 0.324 e. The van der Waals surface area contributed by atoms with Gasteiger partial charge in [0.25, 0.3) is 0 Å². The number of carbonyl (C=O) groups excluding carboxylic acids is 1. The first kappa shape index (κ1) is 19.8. The summed E-state index contributed by atoms with van der Waals surface area (Å²) in [6.07, 6.45) is -3.59. The Morgan fingerprint density at radius 1 is 1.22 bits per heavy atom. The molecule has 0 aliphatic rings. The molecule has 0 spiro atoms. The maximum Gasteiger partial charge on any atom is 0.417 e. The lowest BCUT2D eigenvalue weighted by Crippen LogP contribution is -2.23. The van der Waals surface area contributed by atoms with Crippen molar-refractivity contribution in [1.29, 1.82) is 0 Å². The Bertz CT molecular complexity index is 1010. The van der Waals surface area contributed by atoms with Crippen molar-refractivity contribution in [2.24, 2.45) is 0 Å². The molecule has 5 nitrogen and oxygen atoms in total. The minimum atomic E-state index is -4.49. The van der Waals surface area contributed by atoms with Gasteiger partial charge in [-0.25, -0.2) is 0 Å². The lowest BCUT2D eigenvalue weighted by Gasteiger charge is -2.13. The largest absolute Gasteiger partial charge is 0.417 e. The van der Waals surface area contributed by atoms with E-state index in [1.807, 2.05) is 0 Å². The number of aromatic nitrogens is 3. The van der Waals surface area contributed by atoms with Crippen LogP contribution in [0.2, 0.25) is 10.0 Å². The van der Waals surface area contributed by atoms with Crippen molar-refractivity contribution in [3.8, 4) is 0 Å². The molecule has 1 atom stereocenters. The summed E-state index contributed by atoms with van der Waals surface area (Å²) < 4.78 is 39.9. The van der Waals surface area contributed by atoms with E-state index in [2.05, 4.69) is 15.5 Å². The van der Waals surface area contributed by atoms with E-state index < -0.39 is 22.9 Å². The number of carbonyl (C=O) groups is 1. The fraction of sp³-hybridized carbons (Fsp3) is 0.188. The maximum atomic E-state index is 12.9. The Balaban J connectivity index is 1.80. The van der Waals surface area contributed by atoms with Gasteiger partial charge in [0.15, 0.2) is 10.8 Å². The fourth-order valence-electron chi connectivity index (χ4n) is 2.16. The van der Waals surface area contributed by atoms with E-state index in [9.17, 15) is 18.0 Å². The molecule has 0 radical (unpaired) electrons. The minimum Gasteiger partial charge on any atom is -0.324 e. The summed E-state index contributed by atoms with van der Waals surface area (Å²) in [5.41, 5.74) is -0.248. The van der Waals surface area contributed by atoms with E-state index in [0.717, 1.165) is 24.0 Å². The molecule has 3 aromatic rings. The maximum absolute atomic E-state index is 12.9. The molecule has 3 rings (SSSR count). The van der Waals surface area contributed by atoms with Crippen molar-refractivity contribution in [3.05, 3.63) is 52.1 Å². The number of thioether (sulfide) groups is 1. The summed E-state index contributed by atoms with van der Waals surface area (Å²) in [5.74, 6) is -0.409. The van der Waals surface area contributed by atoms with Gasteiger partial charge in [0.2, 0.25) is 5.91 Å². The Hall–Kier alpha value is -1.97. The van der Waals surface area contributed by atoms with Crippen LogP contribution in [0.15, 0.2) is 41.7 Å². The van der Waals surface area contributed by atoms with Crippen LogP contribution in [-0.4, -0.2) is 25.8 Å². The first-order valence-electron chi connectivity index (χ1n) is 7.49. The summed E-state index contributed by atoms with van der Waals surface area (Å²) in [4.78, 5) is 12.4. The number of hydrogen-bond donors (Lipinski definition) is 1. The zero-order valence-corrected chi connectivity index (χ0v) is 15.9. The Morgan fingerprint density at radius 2 is 1.96 bits per heavy atom. The second-order valence-electron chi connectivity index (χ2n) is 5.50. The van der Waals surface area contributed by atoms with Gasteiger partial charge in [-0.3, -0.25) is 9.20 Å². The van der Waals surface area contributed by atoms with Crippen molar-refractivity contribution in [2.75, 3.05) is 5.32 Å². The molecule has 0 fully saturated rings. The number of amides is 1. The monoisotopic (exact) mass is 434 g/mol. The molecule has 142 valence electrons. The van der Waals surface area contributed by atoms with E-state index in [4.69, 9.17) is 23.2 Å². The minimum absolute atomic E-state index is 0.163. The number of nitrogens with zero attached hydrogens (tertiary/aromatic N) is 3. The molecule has 0 saturated carbocycles. The quantitative estimate of drug-likeness (QED) is 0.575. The molecule has 27 heavy (non-hydrogen) atoms. The number of fused-ring (bicyclic) bond motifs is 1. The van der Waals surface area contributed by atoms with Gasteiger partial charge in [-0.1, -0.05) is 35.0 Å². The second-order valence-corrected chi connectivity index (χ2v) is 7.65. The average Bonchev–Trinajstić information content (AvgIpc) is 2.99. The molecule has 0 saturated heterocycles. The molecular formula is C16H11Cl2F3N4OS. The lowest BCUT2D eigenvalue weighted by atomic mass is 10.3. The van der Waals surface area contributed by atoms with Crippen molar-refractivity contribution in [2.45, 2.75) is 23.5 Å². The summed E-state index contributed by atoms with van der Waals surface area (Å²) in [6, 6.07) is 6.77. The summed E-state index contributed by atoms with van der Waals surface area (Å²) in [5, 5.41) is 10.5. The van der Waals surface area contributed by atoms with E-state index in [0.29, 0.717) is 15.7 Å². The first-order chi connectivity index (χ1) is 12.6. The van der Waals surface area contributed by atoms with Crippen LogP contribution in [0.1, 0.15) is 12.5 Å². The molecule has 1 amide bonds. The molecule has 1 unspecified atom stereocenters. The van der Waals surface area contributed by atoms with Crippen molar-refractivity contribution >= 4 is 52.2 Å². The molecule has 1 N–H and O–H groups in total. The molecule has 0 aliphatic carbocycles. The molecular weight excluding hydrogens is 424 g/mol. The average molecular weight is 435 g/mol. The Morgan fingerprint density at radius 3 is 2.67 bits per heavy atom. The highest BCUT2D eigenvalue weighted by Crippen LogP contribution is 2.31.